The highest BCUT2D eigenvalue weighted by Crippen LogP contribution is 2.38. The van der Waals surface area contributed by atoms with Crippen molar-refractivity contribution in [1.82, 2.24) is 15.0 Å². The number of nitrogens with zero attached hydrogens (tertiary/aromatic N) is 5. The molecular weight excluding hydrogens is 373 g/mol. The molecule has 4 rings (SSSR count). The van der Waals surface area contributed by atoms with Crippen LogP contribution in [0.4, 0.5) is 30.8 Å². The molecule has 10 heteroatoms. The van der Waals surface area contributed by atoms with E-state index in [4.69, 9.17) is 5.73 Å². The summed E-state index contributed by atoms with van der Waals surface area (Å²) in [6.07, 6.45) is -1.73. The molecule has 2 aromatic rings. The second-order valence-electron chi connectivity index (χ2n) is 6.93. The van der Waals surface area contributed by atoms with E-state index in [1.54, 1.807) is 6.07 Å². The number of aromatic nitrogens is 3. The Kier molecular flexibility index (Phi) is 4.56. The standard InChI is InChI=1S/C18H19F3N6O/c19-18(20,21)13-8-15(22)23-10-12(13)14-9-16(26-4-1-5-26)25-17(24-14)27-6-2-11(28)3-7-27/h8-10H,1-7H2,(H2,22,23). The van der Waals surface area contributed by atoms with E-state index in [1.807, 2.05) is 9.80 Å². The summed E-state index contributed by atoms with van der Waals surface area (Å²) in [6, 6.07) is 2.38. The maximum atomic E-state index is 13.6. The van der Waals surface area contributed by atoms with Crippen molar-refractivity contribution in [3.63, 3.8) is 0 Å². The molecule has 0 atom stereocenters. The van der Waals surface area contributed by atoms with Gasteiger partial charge in [0.15, 0.2) is 0 Å². The number of pyridine rings is 1. The lowest BCUT2D eigenvalue weighted by Crippen LogP contribution is -2.39. The monoisotopic (exact) mass is 392 g/mol. The molecule has 2 saturated heterocycles. The maximum absolute atomic E-state index is 13.6. The number of nitrogen functional groups attached to an aromatic ring is 1. The van der Waals surface area contributed by atoms with Gasteiger partial charge in [-0.1, -0.05) is 0 Å². The van der Waals surface area contributed by atoms with Crippen LogP contribution in [-0.2, 0) is 11.0 Å². The topological polar surface area (TPSA) is 88.2 Å². The summed E-state index contributed by atoms with van der Waals surface area (Å²) in [4.78, 5) is 28.1. The molecule has 0 unspecified atom stereocenters. The Morgan fingerprint density at radius 2 is 1.71 bits per heavy atom. The second kappa shape index (κ2) is 6.92. The number of alkyl halides is 3. The molecule has 2 aromatic heterocycles. The molecule has 2 N–H and O–H groups in total. The number of hydrogen-bond donors (Lipinski definition) is 1. The zero-order chi connectivity index (χ0) is 19.9. The van der Waals surface area contributed by atoms with Crippen molar-refractivity contribution in [2.45, 2.75) is 25.4 Å². The van der Waals surface area contributed by atoms with Crippen molar-refractivity contribution >= 4 is 23.4 Å². The molecule has 0 bridgehead atoms. The van der Waals surface area contributed by atoms with E-state index >= 15 is 0 Å². The van der Waals surface area contributed by atoms with Crippen molar-refractivity contribution in [3.05, 3.63) is 23.9 Å². The van der Waals surface area contributed by atoms with Crippen LogP contribution < -0.4 is 15.5 Å². The van der Waals surface area contributed by atoms with Gasteiger partial charge in [-0.3, -0.25) is 4.79 Å². The zero-order valence-electron chi connectivity index (χ0n) is 15.0. The van der Waals surface area contributed by atoms with Gasteiger partial charge < -0.3 is 15.5 Å². The molecule has 0 aliphatic carbocycles. The zero-order valence-corrected chi connectivity index (χ0v) is 15.0. The highest BCUT2D eigenvalue weighted by atomic mass is 19.4. The predicted octanol–water partition coefficient (Wildman–Crippen LogP) is 2.52. The Labute approximate surface area is 159 Å². The number of halogens is 3. The van der Waals surface area contributed by atoms with Crippen LogP contribution in [0.15, 0.2) is 18.3 Å². The summed E-state index contributed by atoms with van der Waals surface area (Å²) >= 11 is 0. The minimum absolute atomic E-state index is 0.139. The number of carbonyl (C=O) groups is 1. The van der Waals surface area contributed by atoms with Gasteiger partial charge in [-0.2, -0.15) is 18.2 Å². The molecule has 2 aliphatic heterocycles. The first-order chi connectivity index (χ1) is 13.3. The minimum atomic E-state index is -4.59. The number of Topliss-reactive ketones (excluding diaryl/α,β-unsaturated/α-hetero) is 1. The van der Waals surface area contributed by atoms with E-state index in [-0.39, 0.29) is 22.9 Å². The number of hydrogen-bond acceptors (Lipinski definition) is 7. The fourth-order valence-corrected chi connectivity index (χ4v) is 3.28. The van der Waals surface area contributed by atoms with Gasteiger partial charge in [0.25, 0.3) is 0 Å². The first-order valence-electron chi connectivity index (χ1n) is 9.05. The van der Waals surface area contributed by atoms with Crippen LogP contribution in [-0.4, -0.2) is 46.9 Å². The van der Waals surface area contributed by atoms with Crippen LogP contribution in [0.2, 0.25) is 0 Å². The first-order valence-corrected chi connectivity index (χ1v) is 9.05. The summed E-state index contributed by atoms with van der Waals surface area (Å²) in [5.74, 6) is 0.866. The lowest BCUT2D eigenvalue weighted by atomic mass is 10.1. The molecule has 0 aromatic carbocycles. The number of anilines is 3. The SMILES string of the molecule is Nc1cc(C(F)(F)F)c(-c2cc(N3CCC3)nc(N3CCC(=O)CC3)n2)cn1. The molecule has 0 saturated carbocycles. The van der Waals surface area contributed by atoms with Gasteiger partial charge in [0.2, 0.25) is 5.95 Å². The molecule has 0 spiro atoms. The second-order valence-corrected chi connectivity index (χ2v) is 6.93. The van der Waals surface area contributed by atoms with Gasteiger partial charge in [-0.05, 0) is 12.5 Å². The van der Waals surface area contributed by atoms with Crippen LogP contribution in [0, 0.1) is 0 Å². The third kappa shape index (κ3) is 3.58. The largest absolute Gasteiger partial charge is 0.417 e. The van der Waals surface area contributed by atoms with E-state index in [9.17, 15) is 18.0 Å². The lowest BCUT2D eigenvalue weighted by molar-refractivity contribution is -0.137. The summed E-state index contributed by atoms with van der Waals surface area (Å²) in [7, 11) is 0. The van der Waals surface area contributed by atoms with Crippen molar-refractivity contribution in [1.29, 1.82) is 0 Å². The quantitative estimate of drug-likeness (QED) is 0.859. The number of nitrogens with two attached hydrogens (primary N) is 1. The van der Waals surface area contributed by atoms with E-state index in [0.29, 0.717) is 37.7 Å². The highest BCUT2D eigenvalue weighted by molar-refractivity contribution is 5.81. The summed E-state index contributed by atoms with van der Waals surface area (Å²) in [5.41, 5.74) is 4.60. The molecule has 7 nitrogen and oxygen atoms in total. The normalized spacial score (nSPS) is 17.6. The van der Waals surface area contributed by atoms with Crippen LogP contribution in [0.1, 0.15) is 24.8 Å². The number of carbonyl (C=O) groups excluding carboxylic acids is 1. The van der Waals surface area contributed by atoms with Crippen molar-refractivity contribution in [2.24, 2.45) is 0 Å². The lowest BCUT2D eigenvalue weighted by Gasteiger charge is -2.34. The van der Waals surface area contributed by atoms with Crippen LogP contribution >= 0.6 is 0 Å². The Morgan fingerprint density at radius 3 is 2.32 bits per heavy atom. The molecule has 0 radical (unpaired) electrons. The van der Waals surface area contributed by atoms with E-state index in [2.05, 4.69) is 15.0 Å². The molecule has 0 amide bonds. The maximum Gasteiger partial charge on any atom is 0.417 e. The minimum Gasteiger partial charge on any atom is -0.384 e. The van der Waals surface area contributed by atoms with Crippen molar-refractivity contribution in [3.8, 4) is 11.3 Å². The molecule has 4 heterocycles. The van der Waals surface area contributed by atoms with Gasteiger partial charge in [0.1, 0.15) is 17.4 Å². The molecule has 148 valence electrons. The van der Waals surface area contributed by atoms with E-state index in [1.165, 1.54) is 0 Å². The summed E-state index contributed by atoms with van der Waals surface area (Å²) in [6.45, 7) is 2.49. The van der Waals surface area contributed by atoms with Gasteiger partial charge in [-0.25, -0.2) is 9.97 Å². The third-order valence-electron chi connectivity index (χ3n) is 4.99. The van der Waals surface area contributed by atoms with E-state index < -0.39 is 11.7 Å². The fraction of sp³-hybridized carbons (Fsp3) is 0.444. The average Bonchev–Trinajstić information content (AvgIpc) is 2.60. The number of rotatable bonds is 3. The first kappa shape index (κ1) is 18.5. The Balaban J connectivity index is 1.81. The third-order valence-corrected chi connectivity index (χ3v) is 4.99. The van der Waals surface area contributed by atoms with Gasteiger partial charge in [-0.15, -0.1) is 0 Å². The highest BCUT2D eigenvalue weighted by Gasteiger charge is 2.35. The average molecular weight is 392 g/mol. The van der Waals surface area contributed by atoms with Crippen LogP contribution in [0.5, 0.6) is 0 Å². The van der Waals surface area contributed by atoms with Crippen molar-refractivity contribution < 1.29 is 18.0 Å². The summed E-state index contributed by atoms with van der Waals surface area (Å²) in [5, 5.41) is 0. The Bertz CT molecular complexity index is 903. The Morgan fingerprint density at radius 1 is 1.00 bits per heavy atom. The number of piperidine rings is 1. The molecule has 2 fully saturated rings. The Hall–Kier alpha value is -2.91. The van der Waals surface area contributed by atoms with E-state index in [0.717, 1.165) is 31.8 Å². The molecule has 2 aliphatic rings. The van der Waals surface area contributed by atoms with Gasteiger partial charge >= 0.3 is 6.18 Å². The van der Waals surface area contributed by atoms with Gasteiger partial charge in [0.05, 0.1) is 11.3 Å². The molecular formula is C18H19F3N6O. The fourth-order valence-electron chi connectivity index (χ4n) is 3.28. The number of ketones is 1. The van der Waals surface area contributed by atoms with Crippen LogP contribution in [0.3, 0.4) is 0 Å². The smallest absolute Gasteiger partial charge is 0.384 e. The molecule has 28 heavy (non-hydrogen) atoms. The van der Waals surface area contributed by atoms with Crippen LogP contribution in [0.25, 0.3) is 11.3 Å². The summed E-state index contributed by atoms with van der Waals surface area (Å²) < 4.78 is 40.7. The predicted molar refractivity (Wildman–Crippen MR) is 98.0 cm³/mol. The van der Waals surface area contributed by atoms with Crippen molar-refractivity contribution in [2.75, 3.05) is 41.7 Å². The van der Waals surface area contributed by atoms with Gasteiger partial charge in [0, 0.05) is 56.8 Å².